The molecule has 2 amide bonds. The molecule has 140 valence electrons. The quantitative estimate of drug-likeness (QED) is 0.671. The van der Waals surface area contributed by atoms with Gasteiger partial charge in [0.1, 0.15) is 0 Å². The lowest BCUT2D eigenvalue weighted by Crippen LogP contribution is -2.37. The molecule has 0 fully saturated rings. The Labute approximate surface area is 159 Å². The molecule has 2 N–H and O–H groups in total. The van der Waals surface area contributed by atoms with Gasteiger partial charge in [0.05, 0.1) is 17.4 Å². The zero-order chi connectivity index (χ0) is 19.4. The molecular weight excluding hydrogens is 372 g/mol. The van der Waals surface area contributed by atoms with Crippen molar-refractivity contribution in [2.24, 2.45) is 0 Å². The second kappa shape index (κ2) is 8.05. The standard InChI is InChI=1S/C18H17ClN4O4/c1-10-7-15(26-22-10)17(24)20-9-14(12-3-5-13(19)6-4-12)21-18(25)16-8-11(2)23-27-16/h3-8,14H,9H2,1-2H3,(H,20,24)(H,21,25). The van der Waals surface area contributed by atoms with Crippen LogP contribution in [0, 0.1) is 13.8 Å². The topological polar surface area (TPSA) is 110 Å². The molecule has 3 rings (SSSR count). The molecule has 2 aromatic heterocycles. The highest BCUT2D eigenvalue weighted by molar-refractivity contribution is 6.30. The summed E-state index contributed by atoms with van der Waals surface area (Å²) in [7, 11) is 0. The van der Waals surface area contributed by atoms with Gasteiger partial charge in [0, 0.05) is 23.7 Å². The number of amides is 2. The normalized spacial score (nSPS) is 11.8. The molecule has 3 aromatic rings. The van der Waals surface area contributed by atoms with Crippen LogP contribution in [0.1, 0.15) is 44.1 Å². The van der Waals surface area contributed by atoms with E-state index < -0.39 is 17.9 Å². The molecule has 9 heteroatoms. The van der Waals surface area contributed by atoms with E-state index in [4.69, 9.17) is 20.6 Å². The van der Waals surface area contributed by atoms with Crippen LogP contribution in [0.3, 0.4) is 0 Å². The number of aromatic nitrogens is 2. The number of carbonyl (C=O) groups excluding carboxylic acids is 2. The summed E-state index contributed by atoms with van der Waals surface area (Å²) < 4.78 is 9.93. The number of rotatable bonds is 6. The summed E-state index contributed by atoms with van der Waals surface area (Å²) in [4.78, 5) is 24.6. The van der Waals surface area contributed by atoms with Crippen molar-refractivity contribution >= 4 is 23.4 Å². The molecule has 0 radical (unpaired) electrons. The van der Waals surface area contributed by atoms with Crippen molar-refractivity contribution in [3.05, 3.63) is 69.9 Å². The van der Waals surface area contributed by atoms with Crippen LogP contribution in [0.4, 0.5) is 0 Å². The van der Waals surface area contributed by atoms with Gasteiger partial charge < -0.3 is 19.7 Å². The van der Waals surface area contributed by atoms with Crippen molar-refractivity contribution in [2.45, 2.75) is 19.9 Å². The van der Waals surface area contributed by atoms with Crippen LogP contribution in [-0.2, 0) is 0 Å². The number of carbonyl (C=O) groups is 2. The highest BCUT2D eigenvalue weighted by Gasteiger charge is 2.21. The Morgan fingerprint density at radius 2 is 1.56 bits per heavy atom. The Bertz CT molecular complexity index is 948. The van der Waals surface area contributed by atoms with E-state index in [1.54, 1.807) is 38.1 Å². The lowest BCUT2D eigenvalue weighted by atomic mass is 10.1. The Balaban J connectivity index is 1.74. The van der Waals surface area contributed by atoms with Gasteiger partial charge in [-0.25, -0.2) is 0 Å². The Hall–Kier alpha value is -3.13. The average molecular weight is 389 g/mol. The summed E-state index contributed by atoms with van der Waals surface area (Å²) in [6.45, 7) is 3.56. The van der Waals surface area contributed by atoms with Crippen LogP contribution in [0.5, 0.6) is 0 Å². The van der Waals surface area contributed by atoms with Gasteiger partial charge >= 0.3 is 0 Å². The number of nitrogens with one attached hydrogen (secondary N) is 2. The maximum atomic E-state index is 12.4. The minimum Gasteiger partial charge on any atom is -0.351 e. The van der Waals surface area contributed by atoms with Gasteiger partial charge in [0.25, 0.3) is 11.8 Å². The predicted octanol–water partition coefficient (Wildman–Crippen LogP) is 2.83. The summed E-state index contributed by atoms with van der Waals surface area (Å²) in [5, 5.41) is 13.5. The van der Waals surface area contributed by atoms with E-state index in [2.05, 4.69) is 20.9 Å². The van der Waals surface area contributed by atoms with E-state index in [-0.39, 0.29) is 18.1 Å². The van der Waals surface area contributed by atoms with Gasteiger partial charge in [0.15, 0.2) is 0 Å². The van der Waals surface area contributed by atoms with Crippen molar-refractivity contribution in [3.63, 3.8) is 0 Å². The van der Waals surface area contributed by atoms with E-state index >= 15 is 0 Å². The molecule has 27 heavy (non-hydrogen) atoms. The predicted molar refractivity (Wildman–Crippen MR) is 96.5 cm³/mol. The van der Waals surface area contributed by atoms with Crippen LogP contribution >= 0.6 is 11.6 Å². The maximum absolute atomic E-state index is 12.4. The van der Waals surface area contributed by atoms with Crippen LogP contribution in [-0.4, -0.2) is 28.7 Å². The number of aryl methyl sites for hydroxylation is 2. The monoisotopic (exact) mass is 388 g/mol. The molecule has 2 heterocycles. The third-order valence-electron chi connectivity index (χ3n) is 3.75. The van der Waals surface area contributed by atoms with E-state index in [0.717, 1.165) is 5.56 Å². The van der Waals surface area contributed by atoms with Crippen LogP contribution in [0.25, 0.3) is 0 Å². The van der Waals surface area contributed by atoms with Crippen molar-refractivity contribution in [3.8, 4) is 0 Å². The fourth-order valence-corrected chi connectivity index (χ4v) is 2.53. The second-order valence-electron chi connectivity index (χ2n) is 5.95. The highest BCUT2D eigenvalue weighted by Crippen LogP contribution is 2.17. The van der Waals surface area contributed by atoms with Gasteiger partial charge in [-0.2, -0.15) is 0 Å². The van der Waals surface area contributed by atoms with Gasteiger partial charge in [0.2, 0.25) is 11.5 Å². The largest absolute Gasteiger partial charge is 0.351 e. The molecule has 0 aliphatic heterocycles. The smallest absolute Gasteiger partial charge is 0.290 e. The van der Waals surface area contributed by atoms with Gasteiger partial charge in [-0.3, -0.25) is 9.59 Å². The van der Waals surface area contributed by atoms with Crippen molar-refractivity contribution < 1.29 is 18.6 Å². The average Bonchev–Trinajstić information content (AvgIpc) is 3.27. The van der Waals surface area contributed by atoms with Gasteiger partial charge in [-0.1, -0.05) is 34.0 Å². The van der Waals surface area contributed by atoms with E-state index in [9.17, 15) is 9.59 Å². The molecule has 1 aromatic carbocycles. The van der Waals surface area contributed by atoms with Gasteiger partial charge in [-0.05, 0) is 31.5 Å². The first kappa shape index (κ1) is 18.7. The van der Waals surface area contributed by atoms with Crippen molar-refractivity contribution in [1.29, 1.82) is 0 Å². The fourth-order valence-electron chi connectivity index (χ4n) is 2.40. The Kier molecular flexibility index (Phi) is 5.56. The zero-order valence-corrected chi connectivity index (χ0v) is 15.4. The summed E-state index contributed by atoms with van der Waals surface area (Å²) >= 11 is 5.93. The highest BCUT2D eigenvalue weighted by atomic mass is 35.5. The van der Waals surface area contributed by atoms with E-state index in [0.29, 0.717) is 16.4 Å². The Morgan fingerprint density at radius 1 is 1.00 bits per heavy atom. The van der Waals surface area contributed by atoms with Gasteiger partial charge in [-0.15, -0.1) is 0 Å². The minimum atomic E-state index is -0.520. The first-order valence-electron chi connectivity index (χ1n) is 8.13. The SMILES string of the molecule is Cc1cc(C(=O)NCC(NC(=O)c2cc(C)no2)c2ccc(Cl)cc2)on1. The van der Waals surface area contributed by atoms with E-state index in [1.807, 2.05) is 0 Å². The minimum absolute atomic E-state index is 0.0867. The molecule has 8 nitrogen and oxygen atoms in total. The summed E-state index contributed by atoms with van der Waals surface area (Å²) in [6, 6.07) is 9.49. The van der Waals surface area contributed by atoms with Crippen LogP contribution in [0.15, 0.2) is 45.4 Å². The molecule has 0 aliphatic carbocycles. The van der Waals surface area contributed by atoms with Crippen LogP contribution < -0.4 is 10.6 Å². The third-order valence-corrected chi connectivity index (χ3v) is 4.00. The fraction of sp³-hybridized carbons (Fsp3) is 0.222. The second-order valence-corrected chi connectivity index (χ2v) is 6.39. The molecular formula is C18H17ClN4O4. The van der Waals surface area contributed by atoms with Crippen LogP contribution in [0.2, 0.25) is 5.02 Å². The number of hydrogen-bond donors (Lipinski definition) is 2. The molecule has 0 spiro atoms. The third kappa shape index (κ3) is 4.73. The zero-order valence-electron chi connectivity index (χ0n) is 14.7. The molecule has 1 unspecified atom stereocenters. The lowest BCUT2D eigenvalue weighted by Gasteiger charge is -2.19. The summed E-state index contributed by atoms with van der Waals surface area (Å²) in [6.07, 6.45) is 0. The number of halogens is 1. The molecule has 1 atom stereocenters. The Morgan fingerprint density at radius 3 is 2.07 bits per heavy atom. The molecule has 0 saturated heterocycles. The number of hydrogen-bond acceptors (Lipinski definition) is 6. The summed E-state index contributed by atoms with van der Waals surface area (Å²) in [5.74, 6) is -0.692. The molecule has 0 bridgehead atoms. The maximum Gasteiger partial charge on any atom is 0.290 e. The van der Waals surface area contributed by atoms with Crippen molar-refractivity contribution in [1.82, 2.24) is 20.9 Å². The number of nitrogens with zero attached hydrogens (tertiary/aromatic N) is 2. The molecule has 0 aliphatic rings. The lowest BCUT2D eigenvalue weighted by molar-refractivity contribution is 0.0871. The van der Waals surface area contributed by atoms with E-state index in [1.165, 1.54) is 12.1 Å². The first-order chi connectivity index (χ1) is 12.9. The molecule has 0 saturated carbocycles. The summed E-state index contributed by atoms with van der Waals surface area (Å²) in [5.41, 5.74) is 1.96. The first-order valence-corrected chi connectivity index (χ1v) is 8.51. The number of benzene rings is 1. The van der Waals surface area contributed by atoms with Crippen molar-refractivity contribution in [2.75, 3.05) is 6.54 Å².